The van der Waals surface area contributed by atoms with Gasteiger partial charge in [-0.15, -0.1) is 0 Å². The Hall–Kier alpha value is -1.90. The van der Waals surface area contributed by atoms with E-state index in [1.54, 1.807) is 0 Å². The number of carbonyl (C=O) groups is 1. The lowest BCUT2D eigenvalue weighted by Gasteiger charge is -2.12. The second-order valence-electron chi connectivity index (χ2n) is 6.20. The molecule has 3 nitrogen and oxygen atoms in total. The monoisotopic (exact) mass is 284 g/mol. The molecule has 0 aliphatic carbocycles. The van der Waals surface area contributed by atoms with Crippen LogP contribution in [0.25, 0.3) is 10.9 Å². The molecule has 1 aromatic heterocycles. The van der Waals surface area contributed by atoms with Gasteiger partial charge in [0.15, 0.2) is 0 Å². The minimum atomic E-state index is -0.00356. The Balaban J connectivity index is 2.34. The highest BCUT2D eigenvalue weighted by molar-refractivity contribution is 6.06. The van der Waals surface area contributed by atoms with Crippen molar-refractivity contribution in [2.45, 2.75) is 40.0 Å². The topological polar surface area (TPSA) is 42.0 Å². The van der Waals surface area contributed by atoms with Crippen LogP contribution in [0.4, 0.5) is 0 Å². The van der Waals surface area contributed by atoms with Crippen LogP contribution in [-0.2, 0) is 0 Å². The molecule has 3 heteroatoms. The zero-order valence-corrected chi connectivity index (χ0v) is 13.3. The van der Waals surface area contributed by atoms with Gasteiger partial charge in [0.2, 0.25) is 0 Å². The molecule has 1 N–H and O–H groups in total. The minimum Gasteiger partial charge on any atom is -0.352 e. The van der Waals surface area contributed by atoms with Crippen LogP contribution < -0.4 is 5.32 Å². The van der Waals surface area contributed by atoms with Crippen molar-refractivity contribution in [2.24, 2.45) is 5.92 Å². The van der Waals surface area contributed by atoms with Crippen LogP contribution >= 0.6 is 0 Å². The van der Waals surface area contributed by atoms with E-state index in [9.17, 15) is 4.79 Å². The summed E-state index contributed by atoms with van der Waals surface area (Å²) in [6, 6.07) is 9.76. The minimum absolute atomic E-state index is 0.00356. The highest BCUT2D eigenvalue weighted by atomic mass is 16.1. The third-order valence-electron chi connectivity index (χ3n) is 3.58. The molecule has 0 spiro atoms. The third kappa shape index (κ3) is 3.81. The second-order valence-corrected chi connectivity index (χ2v) is 6.20. The maximum Gasteiger partial charge on any atom is 0.252 e. The first kappa shape index (κ1) is 15.5. The lowest BCUT2D eigenvalue weighted by atomic mass is 10.0. The van der Waals surface area contributed by atoms with E-state index in [0.717, 1.165) is 28.6 Å². The molecular formula is C18H24N2O. The number of hydrogen-bond acceptors (Lipinski definition) is 2. The predicted octanol–water partition coefficient (Wildman–Crippen LogP) is 4.13. The molecule has 0 atom stereocenters. The molecule has 0 saturated carbocycles. The Kier molecular flexibility index (Phi) is 4.94. The van der Waals surface area contributed by atoms with Crippen LogP contribution in [0.5, 0.6) is 0 Å². The van der Waals surface area contributed by atoms with E-state index in [4.69, 9.17) is 0 Å². The number of rotatable bonds is 5. The van der Waals surface area contributed by atoms with Crippen LogP contribution in [0.2, 0.25) is 0 Å². The quantitative estimate of drug-likeness (QED) is 0.896. The van der Waals surface area contributed by atoms with Gasteiger partial charge >= 0.3 is 0 Å². The SMILES string of the molecule is CC(C)CCNC(=O)c1cc(C(C)C)nc2ccccc12. The molecule has 21 heavy (non-hydrogen) atoms. The van der Waals surface area contributed by atoms with E-state index in [1.165, 1.54) is 0 Å². The van der Waals surface area contributed by atoms with Gasteiger partial charge in [-0.2, -0.15) is 0 Å². The van der Waals surface area contributed by atoms with Crippen LogP contribution in [0.1, 0.15) is 56.1 Å². The molecule has 0 radical (unpaired) electrons. The molecule has 1 heterocycles. The number of benzene rings is 1. The molecule has 0 aliphatic heterocycles. The molecule has 1 amide bonds. The van der Waals surface area contributed by atoms with E-state index in [1.807, 2.05) is 30.3 Å². The fourth-order valence-electron chi connectivity index (χ4n) is 2.25. The van der Waals surface area contributed by atoms with E-state index in [2.05, 4.69) is 38.0 Å². The number of amides is 1. The van der Waals surface area contributed by atoms with E-state index in [-0.39, 0.29) is 5.91 Å². The second kappa shape index (κ2) is 6.70. The largest absolute Gasteiger partial charge is 0.352 e. The summed E-state index contributed by atoms with van der Waals surface area (Å²) in [5, 5.41) is 3.94. The van der Waals surface area contributed by atoms with Gasteiger partial charge in [0.25, 0.3) is 5.91 Å². The molecule has 2 aromatic rings. The predicted molar refractivity (Wildman–Crippen MR) is 87.6 cm³/mol. The van der Waals surface area contributed by atoms with Gasteiger partial charge in [0.1, 0.15) is 0 Å². The van der Waals surface area contributed by atoms with Crippen LogP contribution in [0.3, 0.4) is 0 Å². The summed E-state index contributed by atoms with van der Waals surface area (Å²) in [6.45, 7) is 9.22. The van der Waals surface area contributed by atoms with Crippen molar-refractivity contribution in [1.82, 2.24) is 10.3 Å². The van der Waals surface area contributed by atoms with Crippen molar-refractivity contribution in [1.29, 1.82) is 0 Å². The molecule has 0 bridgehead atoms. The summed E-state index contributed by atoms with van der Waals surface area (Å²) < 4.78 is 0. The summed E-state index contributed by atoms with van der Waals surface area (Å²) in [6.07, 6.45) is 0.992. The zero-order valence-electron chi connectivity index (χ0n) is 13.3. The lowest BCUT2D eigenvalue weighted by Crippen LogP contribution is -2.25. The zero-order chi connectivity index (χ0) is 15.4. The van der Waals surface area contributed by atoms with Crippen molar-refractivity contribution >= 4 is 16.8 Å². The van der Waals surface area contributed by atoms with E-state index in [0.29, 0.717) is 18.4 Å². The van der Waals surface area contributed by atoms with Crippen molar-refractivity contribution < 1.29 is 4.79 Å². The number of hydrogen-bond donors (Lipinski definition) is 1. The molecule has 0 aliphatic rings. The molecular weight excluding hydrogens is 260 g/mol. The standard InChI is InChI=1S/C18H24N2O/c1-12(2)9-10-19-18(21)15-11-17(13(3)4)20-16-8-6-5-7-14(15)16/h5-8,11-13H,9-10H2,1-4H3,(H,19,21). The van der Waals surface area contributed by atoms with Crippen molar-refractivity contribution in [3.8, 4) is 0 Å². The van der Waals surface area contributed by atoms with Crippen LogP contribution in [-0.4, -0.2) is 17.4 Å². The number of carbonyl (C=O) groups excluding carboxylic acids is 1. The smallest absolute Gasteiger partial charge is 0.252 e. The van der Waals surface area contributed by atoms with Crippen molar-refractivity contribution in [3.05, 3.63) is 41.6 Å². The molecule has 0 fully saturated rings. The van der Waals surface area contributed by atoms with Gasteiger partial charge in [0.05, 0.1) is 11.1 Å². The fourth-order valence-corrected chi connectivity index (χ4v) is 2.25. The first-order valence-electron chi connectivity index (χ1n) is 7.67. The van der Waals surface area contributed by atoms with Gasteiger partial charge in [-0.1, -0.05) is 45.9 Å². The Morgan fingerprint density at radius 2 is 1.90 bits per heavy atom. The number of aromatic nitrogens is 1. The van der Waals surface area contributed by atoms with Gasteiger partial charge in [0, 0.05) is 17.6 Å². The first-order valence-corrected chi connectivity index (χ1v) is 7.67. The molecule has 1 aromatic carbocycles. The summed E-state index contributed by atoms with van der Waals surface area (Å²) in [7, 11) is 0. The average Bonchev–Trinajstić information content (AvgIpc) is 2.45. The normalized spacial score (nSPS) is 11.3. The average molecular weight is 284 g/mol. The molecule has 2 rings (SSSR count). The summed E-state index contributed by atoms with van der Waals surface area (Å²) in [5.74, 6) is 0.888. The Morgan fingerprint density at radius 1 is 1.19 bits per heavy atom. The Bertz CT molecular complexity index is 632. The van der Waals surface area contributed by atoms with Crippen LogP contribution in [0.15, 0.2) is 30.3 Å². The van der Waals surface area contributed by atoms with Crippen molar-refractivity contribution in [2.75, 3.05) is 6.54 Å². The maximum absolute atomic E-state index is 12.5. The molecule has 112 valence electrons. The third-order valence-corrected chi connectivity index (χ3v) is 3.58. The molecule has 0 unspecified atom stereocenters. The number of pyridine rings is 1. The Labute approximate surface area is 126 Å². The first-order chi connectivity index (χ1) is 9.99. The highest BCUT2D eigenvalue weighted by Gasteiger charge is 2.14. The van der Waals surface area contributed by atoms with Gasteiger partial charge in [-0.25, -0.2) is 0 Å². The summed E-state index contributed by atoms with van der Waals surface area (Å²) >= 11 is 0. The molecule has 0 saturated heterocycles. The maximum atomic E-state index is 12.5. The number of nitrogens with zero attached hydrogens (tertiary/aromatic N) is 1. The van der Waals surface area contributed by atoms with Crippen molar-refractivity contribution in [3.63, 3.8) is 0 Å². The Morgan fingerprint density at radius 3 is 2.57 bits per heavy atom. The lowest BCUT2D eigenvalue weighted by molar-refractivity contribution is 0.0953. The van der Waals surface area contributed by atoms with E-state index >= 15 is 0 Å². The van der Waals surface area contributed by atoms with Gasteiger partial charge < -0.3 is 5.32 Å². The summed E-state index contributed by atoms with van der Waals surface area (Å²) in [4.78, 5) is 17.1. The summed E-state index contributed by atoms with van der Waals surface area (Å²) in [5.41, 5.74) is 2.58. The van der Waals surface area contributed by atoms with Gasteiger partial charge in [-0.3, -0.25) is 9.78 Å². The number of para-hydroxylation sites is 1. The van der Waals surface area contributed by atoms with Crippen LogP contribution in [0, 0.1) is 5.92 Å². The number of nitrogens with one attached hydrogen (secondary N) is 1. The van der Waals surface area contributed by atoms with E-state index < -0.39 is 0 Å². The van der Waals surface area contributed by atoms with Gasteiger partial charge in [-0.05, 0) is 30.4 Å². The fraction of sp³-hybridized carbons (Fsp3) is 0.444. The number of fused-ring (bicyclic) bond motifs is 1. The highest BCUT2D eigenvalue weighted by Crippen LogP contribution is 2.22.